The average Bonchev–Trinajstić information content (AvgIpc) is 2.76. The lowest BCUT2D eigenvalue weighted by Crippen LogP contribution is -2.51. The van der Waals surface area contributed by atoms with Crippen molar-refractivity contribution in [1.29, 1.82) is 0 Å². The number of aryl methyl sites for hydroxylation is 1. The zero-order valence-electron chi connectivity index (χ0n) is 17.8. The average molecular weight is 412 g/mol. The highest BCUT2D eigenvalue weighted by molar-refractivity contribution is 5.81. The summed E-state index contributed by atoms with van der Waals surface area (Å²) < 4.78 is 13.7. The molecule has 0 aromatic heterocycles. The van der Waals surface area contributed by atoms with Gasteiger partial charge in [0.25, 0.3) is 0 Å². The number of piperidine rings is 1. The van der Waals surface area contributed by atoms with Crippen LogP contribution in [0.15, 0.2) is 48.5 Å². The number of hydrogen-bond acceptors (Lipinski definition) is 2. The SMILES string of the molecule is CCNC(=O)N1C[C@H](C(=O)N[C@@H](C)c2ccccc2)C[C@@H](c2ccc(F)c(C)c2)C1. The topological polar surface area (TPSA) is 61.4 Å². The van der Waals surface area contributed by atoms with Gasteiger partial charge in [-0.25, -0.2) is 9.18 Å². The summed E-state index contributed by atoms with van der Waals surface area (Å²) in [6, 6.07) is 14.6. The van der Waals surface area contributed by atoms with Gasteiger partial charge in [-0.15, -0.1) is 0 Å². The lowest BCUT2D eigenvalue weighted by molar-refractivity contribution is -0.127. The highest BCUT2D eigenvalue weighted by Gasteiger charge is 2.35. The second-order valence-corrected chi connectivity index (χ2v) is 8.02. The van der Waals surface area contributed by atoms with Crippen LogP contribution in [-0.4, -0.2) is 36.5 Å². The van der Waals surface area contributed by atoms with Crippen LogP contribution in [0.25, 0.3) is 0 Å². The molecule has 3 amide bonds. The fraction of sp³-hybridized carbons (Fsp3) is 0.417. The summed E-state index contributed by atoms with van der Waals surface area (Å²) in [6.07, 6.45) is 0.619. The fourth-order valence-corrected chi connectivity index (χ4v) is 4.04. The molecule has 1 aliphatic heterocycles. The molecule has 0 aliphatic carbocycles. The van der Waals surface area contributed by atoms with E-state index < -0.39 is 0 Å². The number of halogens is 1. The molecule has 2 N–H and O–H groups in total. The van der Waals surface area contributed by atoms with Crippen molar-refractivity contribution in [3.8, 4) is 0 Å². The zero-order valence-corrected chi connectivity index (χ0v) is 17.8. The van der Waals surface area contributed by atoms with Crippen LogP contribution in [0.3, 0.4) is 0 Å². The minimum Gasteiger partial charge on any atom is -0.349 e. The van der Waals surface area contributed by atoms with Gasteiger partial charge in [-0.2, -0.15) is 0 Å². The number of nitrogens with one attached hydrogen (secondary N) is 2. The molecule has 1 aliphatic rings. The quantitative estimate of drug-likeness (QED) is 0.777. The third kappa shape index (κ3) is 5.17. The minimum atomic E-state index is -0.331. The number of carbonyl (C=O) groups is 2. The van der Waals surface area contributed by atoms with E-state index in [9.17, 15) is 14.0 Å². The first-order valence-corrected chi connectivity index (χ1v) is 10.5. The van der Waals surface area contributed by atoms with Crippen molar-refractivity contribution >= 4 is 11.9 Å². The van der Waals surface area contributed by atoms with Gasteiger partial charge < -0.3 is 15.5 Å². The highest BCUT2D eigenvalue weighted by Crippen LogP contribution is 2.32. The molecule has 2 aromatic rings. The number of carbonyl (C=O) groups excluding carboxylic acids is 2. The van der Waals surface area contributed by atoms with Gasteiger partial charge >= 0.3 is 6.03 Å². The Hall–Kier alpha value is -2.89. The van der Waals surface area contributed by atoms with E-state index in [1.807, 2.05) is 50.2 Å². The van der Waals surface area contributed by atoms with Crippen LogP contribution < -0.4 is 10.6 Å². The molecule has 1 heterocycles. The number of rotatable bonds is 5. The monoisotopic (exact) mass is 411 g/mol. The van der Waals surface area contributed by atoms with Crippen LogP contribution in [0.4, 0.5) is 9.18 Å². The van der Waals surface area contributed by atoms with Crippen molar-refractivity contribution in [2.24, 2.45) is 5.92 Å². The van der Waals surface area contributed by atoms with Crippen LogP contribution in [0.1, 0.15) is 48.9 Å². The van der Waals surface area contributed by atoms with E-state index >= 15 is 0 Å². The van der Waals surface area contributed by atoms with E-state index in [-0.39, 0.29) is 35.6 Å². The Morgan fingerprint density at radius 1 is 1.17 bits per heavy atom. The van der Waals surface area contributed by atoms with Gasteiger partial charge in [0.05, 0.1) is 12.0 Å². The lowest BCUT2D eigenvalue weighted by Gasteiger charge is -2.38. The first-order chi connectivity index (χ1) is 14.4. The van der Waals surface area contributed by atoms with Gasteiger partial charge in [0.15, 0.2) is 0 Å². The number of benzene rings is 2. The number of hydrogen-bond donors (Lipinski definition) is 2. The van der Waals surface area contributed by atoms with Crippen molar-refractivity contribution < 1.29 is 14.0 Å². The third-order valence-electron chi connectivity index (χ3n) is 5.75. The first kappa shape index (κ1) is 21.8. The molecule has 0 saturated carbocycles. The molecule has 2 aromatic carbocycles. The first-order valence-electron chi connectivity index (χ1n) is 10.5. The molecule has 0 unspecified atom stereocenters. The molecular weight excluding hydrogens is 381 g/mol. The van der Waals surface area contributed by atoms with E-state index in [1.165, 1.54) is 6.07 Å². The third-order valence-corrected chi connectivity index (χ3v) is 5.75. The molecule has 5 nitrogen and oxygen atoms in total. The fourth-order valence-electron chi connectivity index (χ4n) is 4.04. The van der Waals surface area contributed by atoms with E-state index in [0.29, 0.717) is 31.6 Å². The number of likely N-dealkylation sites (tertiary alicyclic amines) is 1. The molecule has 0 spiro atoms. The van der Waals surface area contributed by atoms with Crippen molar-refractivity contribution in [2.75, 3.05) is 19.6 Å². The maximum Gasteiger partial charge on any atom is 0.317 e. The van der Waals surface area contributed by atoms with E-state index in [4.69, 9.17) is 0 Å². The summed E-state index contributed by atoms with van der Waals surface area (Å²) in [4.78, 5) is 27.3. The van der Waals surface area contributed by atoms with Gasteiger partial charge in [0.2, 0.25) is 5.91 Å². The minimum absolute atomic E-state index is 0.0246. The predicted octanol–water partition coefficient (Wildman–Crippen LogP) is 4.15. The van der Waals surface area contributed by atoms with Crippen LogP contribution >= 0.6 is 0 Å². The standard InChI is InChI=1S/C24H30FN3O2/c1-4-26-24(30)28-14-20(19-10-11-22(25)16(2)12-19)13-21(15-28)23(29)27-17(3)18-8-6-5-7-9-18/h5-12,17,20-21H,4,13-15H2,1-3H3,(H,26,30)(H,27,29)/t17-,20+,21+/m0/s1. The number of nitrogens with zero attached hydrogens (tertiary/aromatic N) is 1. The molecule has 1 saturated heterocycles. The molecule has 160 valence electrons. The summed E-state index contributed by atoms with van der Waals surface area (Å²) in [5, 5.41) is 5.92. The van der Waals surface area contributed by atoms with E-state index in [0.717, 1.165) is 11.1 Å². The molecule has 3 rings (SSSR count). The van der Waals surface area contributed by atoms with Crippen molar-refractivity contribution in [2.45, 2.75) is 39.2 Å². The number of urea groups is 1. The summed E-state index contributed by atoms with van der Waals surface area (Å²) in [5.74, 6) is -0.670. The second kappa shape index (κ2) is 9.74. The van der Waals surface area contributed by atoms with Crippen LogP contribution in [0, 0.1) is 18.7 Å². The number of amides is 3. The van der Waals surface area contributed by atoms with Gasteiger partial charge in [0.1, 0.15) is 5.82 Å². The molecule has 30 heavy (non-hydrogen) atoms. The van der Waals surface area contributed by atoms with Gasteiger partial charge in [0, 0.05) is 25.6 Å². The van der Waals surface area contributed by atoms with Crippen molar-refractivity contribution in [3.05, 3.63) is 71.0 Å². The van der Waals surface area contributed by atoms with E-state index in [2.05, 4.69) is 10.6 Å². The molecule has 6 heteroatoms. The molecule has 3 atom stereocenters. The van der Waals surface area contributed by atoms with Crippen LogP contribution in [0.2, 0.25) is 0 Å². The summed E-state index contributed by atoms with van der Waals surface area (Å²) in [7, 11) is 0. The Morgan fingerprint density at radius 3 is 2.57 bits per heavy atom. The maximum absolute atomic E-state index is 13.7. The lowest BCUT2D eigenvalue weighted by atomic mass is 9.83. The zero-order chi connectivity index (χ0) is 21.7. The Labute approximate surface area is 177 Å². The van der Waals surface area contributed by atoms with Crippen molar-refractivity contribution in [1.82, 2.24) is 15.5 Å². The predicted molar refractivity (Wildman–Crippen MR) is 116 cm³/mol. The Kier molecular flexibility index (Phi) is 7.08. The maximum atomic E-state index is 13.7. The summed E-state index contributed by atoms with van der Waals surface area (Å²) in [6.45, 7) is 6.96. The normalized spacial score (nSPS) is 19.8. The molecule has 1 fully saturated rings. The largest absolute Gasteiger partial charge is 0.349 e. The van der Waals surface area contributed by atoms with E-state index in [1.54, 1.807) is 17.9 Å². The van der Waals surface area contributed by atoms with Gasteiger partial charge in [-0.1, -0.05) is 42.5 Å². The Bertz CT molecular complexity index is 887. The molecular formula is C24H30FN3O2. The highest BCUT2D eigenvalue weighted by atomic mass is 19.1. The summed E-state index contributed by atoms with van der Waals surface area (Å²) >= 11 is 0. The second-order valence-electron chi connectivity index (χ2n) is 8.02. The van der Waals surface area contributed by atoms with Crippen LogP contribution in [0.5, 0.6) is 0 Å². The molecule has 0 bridgehead atoms. The smallest absolute Gasteiger partial charge is 0.317 e. The van der Waals surface area contributed by atoms with Gasteiger partial charge in [-0.05, 0) is 49.9 Å². The van der Waals surface area contributed by atoms with Crippen molar-refractivity contribution in [3.63, 3.8) is 0 Å². The van der Waals surface area contributed by atoms with Crippen LogP contribution in [-0.2, 0) is 4.79 Å². The van der Waals surface area contributed by atoms with Gasteiger partial charge in [-0.3, -0.25) is 4.79 Å². The molecule has 0 radical (unpaired) electrons. The Morgan fingerprint density at radius 2 is 1.90 bits per heavy atom. The summed E-state index contributed by atoms with van der Waals surface area (Å²) in [5.41, 5.74) is 2.56. The Balaban J connectivity index is 1.78.